The van der Waals surface area contributed by atoms with Gasteiger partial charge in [-0.2, -0.15) is 0 Å². The molecule has 0 radical (unpaired) electrons. The molecule has 3 aromatic rings. The summed E-state index contributed by atoms with van der Waals surface area (Å²) >= 11 is 0. The lowest BCUT2D eigenvalue weighted by molar-refractivity contribution is -0.123. The van der Waals surface area contributed by atoms with Gasteiger partial charge in [-0.15, -0.1) is 0 Å². The highest BCUT2D eigenvalue weighted by atomic mass is 16.5. The first-order chi connectivity index (χ1) is 15.0. The summed E-state index contributed by atoms with van der Waals surface area (Å²) in [6.45, 7) is -0.137. The van der Waals surface area contributed by atoms with Gasteiger partial charge in [-0.1, -0.05) is 42.5 Å². The number of methoxy groups -OCH3 is 1. The molecule has 158 valence electrons. The summed E-state index contributed by atoms with van der Waals surface area (Å²) in [5.41, 5.74) is 2.40. The molecular formula is C24H23N3O4. The molecule has 0 unspecified atom stereocenters. The average molecular weight is 417 g/mol. The molecule has 0 spiro atoms. The van der Waals surface area contributed by atoms with Crippen molar-refractivity contribution in [1.82, 2.24) is 5.32 Å². The molecule has 7 heteroatoms. The number of carbonyl (C=O) groups is 3. The summed E-state index contributed by atoms with van der Waals surface area (Å²) < 4.78 is 5.23. The summed E-state index contributed by atoms with van der Waals surface area (Å²) in [4.78, 5) is 36.5. The fourth-order valence-electron chi connectivity index (χ4n) is 2.88. The van der Waals surface area contributed by atoms with Crippen LogP contribution in [0.5, 0.6) is 5.75 Å². The van der Waals surface area contributed by atoms with Crippen LogP contribution in [0.2, 0.25) is 0 Å². The maximum Gasteiger partial charge on any atom is 0.255 e. The van der Waals surface area contributed by atoms with Crippen LogP contribution in [0.15, 0.2) is 78.9 Å². The molecule has 0 saturated carbocycles. The van der Waals surface area contributed by atoms with Gasteiger partial charge in [0.1, 0.15) is 5.75 Å². The van der Waals surface area contributed by atoms with Gasteiger partial charge < -0.3 is 20.7 Å². The van der Waals surface area contributed by atoms with Crippen molar-refractivity contribution in [3.05, 3.63) is 90.0 Å². The fourth-order valence-corrected chi connectivity index (χ4v) is 2.88. The monoisotopic (exact) mass is 417 g/mol. The van der Waals surface area contributed by atoms with Crippen molar-refractivity contribution in [2.24, 2.45) is 0 Å². The van der Waals surface area contributed by atoms with Crippen molar-refractivity contribution >= 4 is 29.1 Å². The van der Waals surface area contributed by atoms with E-state index in [1.165, 1.54) is 7.11 Å². The number of para-hydroxylation sites is 2. The number of carbonyl (C=O) groups excluding carboxylic acids is 3. The van der Waals surface area contributed by atoms with Gasteiger partial charge in [0.05, 0.1) is 25.8 Å². The summed E-state index contributed by atoms with van der Waals surface area (Å²) in [7, 11) is 1.53. The Kier molecular flexibility index (Phi) is 7.37. The second kappa shape index (κ2) is 10.6. The Bertz CT molecular complexity index is 1050. The third-order valence-corrected chi connectivity index (χ3v) is 4.44. The van der Waals surface area contributed by atoms with Crippen LogP contribution in [0.4, 0.5) is 11.4 Å². The zero-order valence-corrected chi connectivity index (χ0v) is 17.1. The summed E-state index contributed by atoms with van der Waals surface area (Å²) in [5.74, 6) is -0.318. The molecule has 3 rings (SSSR count). The lowest BCUT2D eigenvalue weighted by Crippen LogP contribution is -2.33. The molecular weight excluding hydrogens is 394 g/mol. The van der Waals surface area contributed by atoms with E-state index in [2.05, 4.69) is 16.0 Å². The molecule has 0 aromatic heterocycles. The Balaban J connectivity index is 1.48. The van der Waals surface area contributed by atoms with Crippen molar-refractivity contribution in [3.63, 3.8) is 0 Å². The minimum atomic E-state index is -0.354. The van der Waals surface area contributed by atoms with Crippen molar-refractivity contribution in [1.29, 1.82) is 0 Å². The Morgan fingerprint density at radius 2 is 1.45 bits per heavy atom. The van der Waals surface area contributed by atoms with Crippen LogP contribution in [0.25, 0.3) is 0 Å². The molecule has 0 aliphatic heterocycles. The van der Waals surface area contributed by atoms with Crippen molar-refractivity contribution < 1.29 is 19.1 Å². The van der Waals surface area contributed by atoms with E-state index in [-0.39, 0.29) is 30.7 Å². The number of rotatable bonds is 8. The Hall–Kier alpha value is -4.13. The molecule has 7 nitrogen and oxygen atoms in total. The Labute approximate surface area is 180 Å². The zero-order chi connectivity index (χ0) is 22.1. The summed E-state index contributed by atoms with van der Waals surface area (Å²) in [6.07, 6.45) is 0.212. The standard InChI is InChI=1S/C24H23N3O4/c1-31-21-10-6-5-9-20(21)27-24(30)18-11-13-19(14-12-18)26-23(29)16-25-22(28)15-17-7-3-2-4-8-17/h2-14H,15-16H2,1H3,(H,25,28)(H,26,29)(H,27,30). The van der Waals surface area contributed by atoms with Crippen molar-refractivity contribution in [2.75, 3.05) is 24.3 Å². The van der Waals surface area contributed by atoms with Gasteiger partial charge in [-0.3, -0.25) is 14.4 Å². The van der Waals surface area contributed by atoms with Gasteiger partial charge in [-0.05, 0) is 42.0 Å². The lowest BCUT2D eigenvalue weighted by Gasteiger charge is -2.10. The van der Waals surface area contributed by atoms with Gasteiger partial charge in [-0.25, -0.2) is 0 Å². The number of hydrogen-bond donors (Lipinski definition) is 3. The molecule has 0 bridgehead atoms. The molecule has 0 saturated heterocycles. The quantitative estimate of drug-likeness (QED) is 0.524. The number of nitrogens with one attached hydrogen (secondary N) is 3. The molecule has 3 aromatic carbocycles. The third-order valence-electron chi connectivity index (χ3n) is 4.44. The highest BCUT2D eigenvalue weighted by Gasteiger charge is 2.11. The van der Waals surface area contributed by atoms with Crippen LogP contribution in [0.3, 0.4) is 0 Å². The first kappa shape index (κ1) is 21.6. The van der Waals surface area contributed by atoms with E-state index in [9.17, 15) is 14.4 Å². The van der Waals surface area contributed by atoms with E-state index < -0.39 is 0 Å². The lowest BCUT2D eigenvalue weighted by atomic mass is 10.1. The number of amides is 3. The largest absolute Gasteiger partial charge is 0.495 e. The van der Waals surface area contributed by atoms with Gasteiger partial charge in [0.25, 0.3) is 5.91 Å². The number of hydrogen-bond acceptors (Lipinski definition) is 4. The molecule has 3 amide bonds. The van der Waals surface area contributed by atoms with Crippen LogP contribution >= 0.6 is 0 Å². The van der Waals surface area contributed by atoms with Gasteiger partial charge >= 0.3 is 0 Å². The van der Waals surface area contributed by atoms with Gasteiger partial charge in [0.2, 0.25) is 11.8 Å². The van der Waals surface area contributed by atoms with Crippen LogP contribution in [0, 0.1) is 0 Å². The van der Waals surface area contributed by atoms with Crippen LogP contribution in [0.1, 0.15) is 15.9 Å². The second-order valence-corrected chi connectivity index (χ2v) is 6.72. The maximum atomic E-state index is 12.4. The predicted molar refractivity (Wildman–Crippen MR) is 119 cm³/mol. The van der Waals surface area contributed by atoms with E-state index in [4.69, 9.17) is 4.74 Å². The fraction of sp³-hybridized carbons (Fsp3) is 0.125. The average Bonchev–Trinajstić information content (AvgIpc) is 2.79. The normalized spacial score (nSPS) is 10.1. The first-order valence-corrected chi connectivity index (χ1v) is 9.70. The Morgan fingerprint density at radius 3 is 2.16 bits per heavy atom. The SMILES string of the molecule is COc1ccccc1NC(=O)c1ccc(NC(=O)CNC(=O)Cc2ccccc2)cc1. The van der Waals surface area contributed by atoms with E-state index in [1.807, 2.05) is 36.4 Å². The van der Waals surface area contributed by atoms with Crippen LogP contribution < -0.4 is 20.7 Å². The molecule has 0 fully saturated rings. The molecule has 0 aliphatic carbocycles. The van der Waals surface area contributed by atoms with Crippen LogP contribution in [-0.2, 0) is 16.0 Å². The van der Waals surface area contributed by atoms with Gasteiger partial charge in [0, 0.05) is 11.3 Å². The zero-order valence-electron chi connectivity index (χ0n) is 17.1. The Morgan fingerprint density at radius 1 is 0.774 bits per heavy atom. The highest BCUT2D eigenvalue weighted by Crippen LogP contribution is 2.23. The topological polar surface area (TPSA) is 96.5 Å². The summed E-state index contributed by atoms with van der Waals surface area (Å²) in [5, 5.41) is 8.07. The van der Waals surface area contributed by atoms with Crippen molar-refractivity contribution in [3.8, 4) is 5.75 Å². The van der Waals surface area contributed by atoms with E-state index in [0.29, 0.717) is 22.7 Å². The molecule has 0 atom stereocenters. The minimum Gasteiger partial charge on any atom is -0.495 e. The minimum absolute atomic E-state index is 0.137. The highest BCUT2D eigenvalue weighted by molar-refractivity contribution is 6.05. The third kappa shape index (κ3) is 6.43. The molecule has 0 heterocycles. The van der Waals surface area contributed by atoms with E-state index >= 15 is 0 Å². The first-order valence-electron chi connectivity index (χ1n) is 9.70. The number of anilines is 2. The number of benzene rings is 3. The van der Waals surface area contributed by atoms with Gasteiger partial charge in [0.15, 0.2) is 0 Å². The van der Waals surface area contributed by atoms with E-state index in [1.54, 1.807) is 42.5 Å². The molecule has 0 aliphatic rings. The summed E-state index contributed by atoms with van der Waals surface area (Å²) in [6, 6.07) is 22.9. The number of ether oxygens (including phenoxy) is 1. The second-order valence-electron chi connectivity index (χ2n) is 6.72. The predicted octanol–water partition coefficient (Wildman–Crippen LogP) is 3.24. The van der Waals surface area contributed by atoms with Crippen LogP contribution in [-0.4, -0.2) is 31.4 Å². The van der Waals surface area contributed by atoms with E-state index in [0.717, 1.165) is 5.56 Å². The molecule has 3 N–H and O–H groups in total. The van der Waals surface area contributed by atoms with Crippen molar-refractivity contribution in [2.45, 2.75) is 6.42 Å². The smallest absolute Gasteiger partial charge is 0.255 e. The molecule has 31 heavy (non-hydrogen) atoms. The maximum absolute atomic E-state index is 12.4.